The van der Waals surface area contributed by atoms with Gasteiger partial charge in [0.15, 0.2) is 0 Å². The molecule has 0 saturated carbocycles. The predicted octanol–water partition coefficient (Wildman–Crippen LogP) is 4.64. The molecule has 5 heteroatoms. The molecule has 2 unspecified atom stereocenters. The summed E-state index contributed by atoms with van der Waals surface area (Å²) in [5, 5.41) is 19.6. The van der Waals surface area contributed by atoms with E-state index in [9.17, 15) is 19.8 Å². The minimum absolute atomic E-state index is 0.0524. The molecule has 29 heavy (non-hydrogen) atoms. The van der Waals surface area contributed by atoms with Gasteiger partial charge < -0.3 is 14.9 Å². The molecule has 1 aliphatic carbocycles. The number of hydrogen-bond donors (Lipinski definition) is 2. The quantitative estimate of drug-likeness (QED) is 0.748. The second-order valence-electron chi connectivity index (χ2n) is 7.56. The van der Waals surface area contributed by atoms with Crippen LogP contribution >= 0.6 is 0 Å². The molecule has 1 aliphatic rings. The number of hydrogen-bond acceptors (Lipinski definition) is 3. The number of aryl methyl sites for hydroxylation is 2. The average Bonchev–Trinajstić information content (AvgIpc) is 2.68. The van der Waals surface area contributed by atoms with Gasteiger partial charge in [-0.1, -0.05) is 54.6 Å². The lowest BCUT2D eigenvalue weighted by Gasteiger charge is -2.35. The first-order valence-electron chi connectivity index (χ1n) is 9.38. The van der Waals surface area contributed by atoms with Crippen molar-refractivity contribution < 1.29 is 24.5 Å². The van der Waals surface area contributed by atoms with Crippen LogP contribution in [0.1, 0.15) is 35.1 Å². The molecule has 2 aromatic rings. The summed E-state index contributed by atoms with van der Waals surface area (Å²) in [6.45, 7) is 5.70. The van der Waals surface area contributed by atoms with Gasteiger partial charge in [-0.05, 0) is 49.1 Å². The lowest BCUT2D eigenvalue weighted by Crippen LogP contribution is -2.37. The molecule has 0 heterocycles. The molecule has 0 aliphatic heterocycles. The molecule has 0 bridgehead atoms. The van der Waals surface area contributed by atoms with Crippen molar-refractivity contribution in [3.05, 3.63) is 88.5 Å². The monoisotopic (exact) mass is 392 g/mol. The Bertz CT molecular complexity index is 1020. The highest BCUT2D eigenvalue weighted by molar-refractivity contribution is 5.93. The van der Waals surface area contributed by atoms with Gasteiger partial charge in [0.1, 0.15) is 12.4 Å². The molecule has 3 rings (SSSR count). The fourth-order valence-electron chi connectivity index (χ4n) is 3.71. The van der Waals surface area contributed by atoms with Crippen molar-refractivity contribution in [1.29, 1.82) is 0 Å². The third-order valence-corrected chi connectivity index (χ3v) is 5.43. The molecule has 150 valence electrons. The Morgan fingerprint density at radius 2 is 1.83 bits per heavy atom. The summed E-state index contributed by atoms with van der Waals surface area (Å²) >= 11 is 0. The standard InChI is InChI=1S/C24H24O5/c1-15-10-11-16(2)20(13-15)29-14-17-7-4-5-8-18(17)21-19(22(25)26)9-6-12-24(21,3)23(27)28/h4-13,21H,14H2,1-3H3,(H,25,26)(H,27,28). The molecular weight excluding hydrogens is 368 g/mol. The Labute approximate surface area is 170 Å². The van der Waals surface area contributed by atoms with Crippen LogP contribution in [0.5, 0.6) is 5.75 Å². The highest BCUT2D eigenvalue weighted by atomic mass is 16.5. The van der Waals surface area contributed by atoms with Gasteiger partial charge in [0.25, 0.3) is 0 Å². The van der Waals surface area contributed by atoms with Crippen LogP contribution in [0.25, 0.3) is 0 Å². The Balaban J connectivity index is 2.03. The number of carboxylic acid groups (broad SMARTS) is 2. The highest BCUT2D eigenvalue weighted by Gasteiger charge is 2.46. The Kier molecular flexibility index (Phi) is 5.59. The summed E-state index contributed by atoms with van der Waals surface area (Å²) in [6.07, 6.45) is 4.53. The van der Waals surface area contributed by atoms with Crippen LogP contribution in [-0.2, 0) is 16.2 Å². The van der Waals surface area contributed by atoms with Crippen LogP contribution in [0.2, 0.25) is 0 Å². The number of benzene rings is 2. The largest absolute Gasteiger partial charge is 0.489 e. The average molecular weight is 392 g/mol. The first-order valence-corrected chi connectivity index (χ1v) is 9.38. The van der Waals surface area contributed by atoms with E-state index >= 15 is 0 Å². The van der Waals surface area contributed by atoms with Crippen LogP contribution in [0, 0.1) is 19.3 Å². The van der Waals surface area contributed by atoms with Gasteiger partial charge in [-0.2, -0.15) is 0 Å². The van der Waals surface area contributed by atoms with E-state index < -0.39 is 23.3 Å². The molecular formula is C24H24O5. The Morgan fingerprint density at radius 1 is 1.10 bits per heavy atom. The number of carboxylic acids is 2. The number of rotatable bonds is 6. The third-order valence-electron chi connectivity index (χ3n) is 5.43. The second kappa shape index (κ2) is 7.95. The predicted molar refractivity (Wildman–Crippen MR) is 110 cm³/mol. The van der Waals surface area contributed by atoms with Crippen molar-refractivity contribution in [2.24, 2.45) is 5.41 Å². The third kappa shape index (κ3) is 3.94. The molecule has 0 saturated heterocycles. The van der Waals surface area contributed by atoms with Gasteiger partial charge in [-0.3, -0.25) is 4.79 Å². The SMILES string of the molecule is Cc1ccc(C)c(OCc2ccccc2C2C(C(=O)O)=CC=CC2(C)C(=O)O)c1. The van der Waals surface area contributed by atoms with E-state index in [0.717, 1.165) is 22.4 Å². The van der Waals surface area contributed by atoms with Crippen LogP contribution < -0.4 is 4.74 Å². The Hall–Kier alpha value is -3.34. The van der Waals surface area contributed by atoms with Gasteiger partial charge in [-0.25, -0.2) is 4.79 Å². The van der Waals surface area contributed by atoms with Crippen molar-refractivity contribution in [3.63, 3.8) is 0 Å². The fourth-order valence-corrected chi connectivity index (χ4v) is 3.71. The van der Waals surface area contributed by atoms with Crippen molar-refractivity contribution in [2.45, 2.75) is 33.3 Å². The van der Waals surface area contributed by atoms with Crippen LogP contribution in [0.4, 0.5) is 0 Å². The first-order chi connectivity index (χ1) is 13.7. The number of carbonyl (C=O) groups is 2. The number of allylic oxidation sites excluding steroid dienone is 2. The summed E-state index contributed by atoms with van der Waals surface area (Å²) in [6, 6.07) is 13.2. The Morgan fingerprint density at radius 3 is 2.52 bits per heavy atom. The van der Waals surface area contributed by atoms with Crippen LogP contribution in [-0.4, -0.2) is 22.2 Å². The zero-order valence-corrected chi connectivity index (χ0v) is 16.7. The summed E-state index contributed by atoms with van der Waals surface area (Å²) in [4.78, 5) is 24.0. The zero-order valence-electron chi connectivity index (χ0n) is 16.7. The zero-order chi connectivity index (χ0) is 21.2. The fraction of sp³-hybridized carbons (Fsp3) is 0.250. The summed E-state index contributed by atoms with van der Waals surface area (Å²) in [7, 11) is 0. The van der Waals surface area contributed by atoms with E-state index in [1.807, 2.05) is 44.2 Å². The van der Waals surface area contributed by atoms with Crippen molar-refractivity contribution >= 4 is 11.9 Å². The molecule has 2 N–H and O–H groups in total. The topological polar surface area (TPSA) is 83.8 Å². The van der Waals surface area contributed by atoms with E-state index in [2.05, 4.69) is 0 Å². The highest BCUT2D eigenvalue weighted by Crippen LogP contribution is 2.46. The van der Waals surface area contributed by atoms with Gasteiger partial charge in [0.05, 0.1) is 5.41 Å². The first kappa shape index (κ1) is 20.4. The van der Waals surface area contributed by atoms with E-state index in [4.69, 9.17) is 4.74 Å². The molecule has 2 atom stereocenters. The van der Waals surface area contributed by atoms with Crippen LogP contribution in [0.3, 0.4) is 0 Å². The van der Waals surface area contributed by atoms with Gasteiger partial charge in [0.2, 0.25) is 0 Å². The molecule has 2 aromatic carbocycles. The molecule has 5 nitrogen and oxygen atoms in total. The van der Waals surface area contributed by atoms with Crippen molar-refractivity contribution in [1.82, 2.24) is 0 Å². The molecule has 0 aromatic heterocycles. The van der Waals surface area contributed by atoms with Crippen LogP contribution in [0.15, 0.2) is 66.3 Å². The van der Waals surface area contributed by atoms with Crippen molar-refractivity contribution in [2.75, 3.05) is 0 Å². The summed E-state index contributed by atoms with van der Waals surface area (Å²) in [5.41, 5.74) is 2.14. The van der Waals surface area contributed by atoms with E-state index in [0.29, 0.717) is 5.56 Å². The molecule has 0 amide bonds. The summed E-state index contributed by atoms with van der Waals surface area (Å²) < 4.78 is 6.03. The van der Waals surface area contributed by atoms with E-state index in [1.54, 1.807) is 25.1 Å². The van der Waals surface area contributed by atoms with E-state index in [-0.39, 0.29) is 12.2 Å². The molecule has 0 spiro atoms. The maximum absolute atomic E-state index is 12.1. The second-order valence-corrected chi connectivity index (χ2v) is 7.56. The number of aliphatic carboxylic acids is 2. The minimum atomic E-state index is -1.38. The normalized spacial score (nSPS) is 20.8. The maximum Gasteiger partial charge on any atom is 0.332 e. The van der Waals surface area contributed by atoms with Crippen molar-refractivity contribution in [3.8, 4) is 5.75 Å². The minimum Gasteiger partial charge on any atom is -0.489 e. The maximum atomic E-state index is 12.1. The van der Waals surface area contributed by atoms with Gasteiger partial charge in [0, 0.05) is 11.5 Å². The van der Waals surface area contributed by atoms with E-state index in [1.165, 1.54) is 12.2 Å². The lowest BCUT2D eigenvalue weighted by atomic mass is 9.66. The van der Waals surface area contributed by atoms with Gasteiger partial charge in [-0.15, -0.1) is 0 Å². The summed E-state index contributed by atoms with van der Waals surface area (Å²) in [5.74, 6) is -2.29. The van der Waals surface area contributed by atoms with Gasteiger partial charge >= 0.3 is 11.9 Å². The lowest BCUT2D eigenvalue weighted by molar-refractivity contribution is -0.146. The molecule has 0 fully saturated rings. The smallest absolute Gasteiger partial charge is 0.332 e. The number of ether oxygens (including phenoxy) is 1. The molecule has 0 radical (unpaired) electrons.